The Morgan fingerprint density at radius 3 is 2.52 bits per heavy atom. The molecule has 1 amide bonds. The van der Waals surface area contributed by atoms with Gasteiger partial charge in [0.15, 0.2) is 0 Å². The van der Waals surface area contributed by atoms with Gasteiger partial charge >= 0.3 is 0 Å². The van der Waals surface area contributed by atoms with E-state index in [1.54, 1.807) is 0 Å². The molecule has 0 radical (unpaired) electrons. The number of amides is 1. The molecule has 0 unspecified atom stereocenters. The molecular formula is C16H24BrN3O. The second-order valence-electron chi connectivity index (χ2n) is 5.98. The average molecular weight is 354 g/mol. The van der Waals surface area contributed by atoms with Crippen molar-refractivity contribution in [3.8, 4) is 0 Å². The van der Waals surface area contributed by atoms with E-state index in [0.29, 0.717) is 6.54 Å². The van der Waals surface area contributed by atoms with Crippen LogP contribution in [0.1, 0.15) is 19.4 Å². The van der Waals surface area contributed by atoms with E-state index in [-0.39, 0.29) is 5.91 Å². The maximum atomic E-state index is 12.4. The van der Waals surface area contributed by atoms with Crippen molar-refractivity contribution in [3.05, 3.63) is 34.3 Å². The lowest BCUT2D eigenvalue weighted by Gasteiger charge is -2.28. The number of benzene rings is 1. The van der Waals surface area contributed by atoms with Crippen molar-refractivity contribution in [1.29, 1.82) is 0 Å². The molecule has 1 heterocycles. The molecule has 0 bridgehead atoms. The van der Waals surface area contributed by atoms with E-state index in [1.165, 1.54) is 0 Å². The second-order valence-corrected chi connectivity index (χ2v) is 6.90. The first kappa shape index (κ1) is 16.5. The standard InChI is InChI=1S/C16H24BrN3O/c1-16(2,13-3-5-14(17)6-4-13)15(21)19-9-12-20-10-7-18-8-11-20/h3-6,18H,7-12H2,1-2H3,(H,19,21). The van der Waals surface area contributed by atoms with E-state index in [0.717, 1.165) is 42.8 Å². The van der Waals surface area contributed by atoms with E-state index in [2.05, 4.69) is 31.5 Å². The van der Waals surface area contributed by atoms with Gasteiger partial charge in [-0.05, 0) is 31.5 Å². The normalized spacial score (nSPS) is 16.7. The predicted molar refractivity (Wildman–Crippen MR) is 89.5 cm³/mol. The molecule has 2 N–H and O–H groups in total. The van der Waals surface area contributed by atoms with Gasteiger partial charge in [0.2, 0.25) is 5.91 Å². The Balaban J connectivity index is 1.84. The Hall–Kier alpha value is -0.910. The van der Waals surface area contributed by atoms with Crippen molar-refractivity contribution >= 4 is 21.8 Å². The van der Waals surface area contributed by atoms with Crippen LogP contribution in [0.2, 0.25) is 0 Å². The zero-order valence-corrected chi connectivity index (χ0v) is 14.4. The fourth-order valence-electron chi connectivity index (χ4n) is 2.48. The molecule has 1 saturated heterocycles. The number of nitrogens with zero attached hydrogens (tertiary/aromatic N) is 1. The van der Waals surface area contributed by atoms with Crippen LogP contribution in [0.25, 0.3) is 0 Å². The summed E-state index contributed by atoms with van der Waals surface area (Å²) in [5, 5.41) is 6.40. The summed E-state index contributed by atoms with van der Waals surface area (Å²) in [7, 11) is 0. The third kappa shape index (κ3) is 4.53. The molecule has 1 aliphatic heterocycles. The summed E-state index contributed by atoms with van der Waals surface area (Å²) in [5.74, 6) is 0.0833. The number of carbonyl (C=O) groups excluding carboxylic acids is 1. The highest BCUT2D eigenvalue weighted by Crippen LogP contribution is 2.24. The van der Waals surface area contributed by atoms with Crippen LogP contribution < -0.4 is 10.6 Å². The summed E-state index contributed by atoms with van der Waals surface area (Å²) >= 11 is 3.42. The third-order valence-electron chi connectivity index (χ3n) is 4.06. The summed E-state index contributed by atoms with van der Waals surface area (Å²) in [6, 6.07) is 7.95. The van der Waals surface area contributed by atoms with Crippen LogP contribution in [0.5, 0.6) is 0 Å². The number of hydrogen-bond acceptors (Lipinski definition) is 3. The SMILES string of the molecule is CC(C)(C(=O)NCCN1CCNCC1)c1ccc(Br)cc1. The molecule has 4 nitrogen and oxygen atoms in total. The molecule has 1 aromatic carbocycles. The summed E-state index contributed by atoms with van der Waals surface area (Å²) in [5.41, 5.74) is 0.523. The third-order valence-corrected chi connectivity index (χ3v) is 4.59. The van der Waals surface area contributed by atoms with Crippen molar-refractivity contribution < 1.29 is 4.79 Å². The second kappa shape index (κ2) is 7.38. The zero-order valence-electron chi connectivity index (χ0n) is 12.8. The van der Waals surface area contributed by atoms with Crippen LogP contribution in [0.4, 0.5) is 0 Å². The van der Waals surface area contributed by atoms with Gasteiger partial charge in [0.05, 0.1) is 5.41 Å². The summed E-state index contributed by atoms with van der Waals surface area (Å²) in [4.78, 5) is 14.8. The maximum Gasteiger partial charge on any atom is 0.230 e. The van der Waals surface area contributed by atoms with E-state index in [1.807, 2.05) is 38.1 Å². The lowest BCUT2D eigenvalue weighted by Crippen LogP contribution is -2.48. The van der Waals surface area contributed by atoms with Crippen molar-refractivity contribution in [2.75, 3.05) is 39.3 Å². The quantitative estimate of drug-likeness (QED) is 0.847. The molecule has 1 fully saturated rings. The van der Waals surface area contributed by atoms with Crippen molar-refractivity contribution in [3.63, 3.8) is 0 Å². The fraction of sp³-hybridized carbons (Fsp3) is 0.562. The van der Waals surface area contributed by atoms with E-state index < -0.39 is 5.41 Å². The van der Waals surface area contributed by atoms with Gasteiger partial charge in [-0.25, -0.2) is 0 Å². The first-order valence-electron chi connectivity index (χ1n) is 7.47. The van der Waals surface area contributed by atoms with Crippen molar-refractivity contribution in [2.45, 2.75) is 19.3 Å². The topological polar surface area (TPSA) is 44.4 Å². The highest BCUT2D eigenvalue weighted by atomic mass is 79.9. The zero-order chi connectivity index (χ0) is 15.3. The van der Waals surface area contributed by atoms with Gasteiger partial charge in [-0.15, -0.1) is 0 Å². The summed E-state index contributed by atoms with van der Waals surface area (Å²) < 4.78 is 1.03. The van der Waals surface area contributed by atoms with Gasteiger partial charge in [0, 0.05) is 43.7 Å². The molecule has 0 aromatic heterocycles. The van der Waals surface area contributed by atoms with Crippen LogP contribution in [0.15, 0.2) is 28.7 Å². The highest BCUT2D eigenvalue weighted by Gasteiger charge is 2.29. The smallest absolute Gasteiger partial charge is 0.230 e. The molecule has 0 atom stereocenters. The Morgan fingerprint density at radius 1 is 1.29 bits per heavy atom. The van der Waals surface area contributed by atoms with E-state index >= 15 is 0 Å². The number of hydrogen-bond donors (Lipinski definition) is 2. The first-order valence-corrected chi connectivity index (χ1v) is 8.27. The monoisotopic (exact) mass is 353 g/mol. The molecule has 2 rings (SSSR count). The molecular weight excluding hydrogens is 330 g/mol. The summed E-state index contributed by atoms with van der Waals surface area (Å²) in [6.07, 6.45) is 0. The number of rotatable bonds is 5. The van der Waals surface area contributed by atoms with Gasteiger partial charge in [0.1, 0.15) is 0 Å². The van der Waals surface area contributed by atoms with Crippen LogP contribution in [0, 0.1) is 0 Å². The molecule has 5 heteroatoms. The van der Waals surface area contributed by atoms with Crippen LogP contribution in [0.3, 0.4) is 0 Å². The predicted octanol–water partition coefficient (Wildman–Crippen LogP) is 1.75. The maximum absolute atomic E-state index is 12.4. The number of carbonyl (C=O) groups is 1. The Kier molecular flexibility index (Phi) is 5.79. The fourth-order valence-corrected chi connectivity index (χ4v) is 2.75. The molecule has 1 aromatic rings. The van der Waals surface area contributed by atoms with Gasteiger partial charge in [-0.1, -0.05) is 28.1 Å². The summed E-state index contributed by atoms with van der Waals surface area (Å²) in [6.45, 7) is 9.77. The average Bonchev–Trinajstić information content (AvgIpc) is 2.48. The molecule has 0 spiro atoms. The van der Waals surface area contributed by atoms with Gasteiger partial charge in [0.25, 0.3) is 0 Å². The van der Waals surface area contributed by atoms with Crippen LogP contribution >= 0.6 is 15.9 Å². The highest BCUT2D eigenvalue weighted by molar-refractivity contribution is 9.10. The Labute approximate surface area is 135 Å². The van der Waals surface area contributed by atoms with Crippen LogP contribution in [-0.2, 0) is 10.2 Å². The minimum absolute atomic E-state index is 0.0833. The lowest BCUT2D eigenvalue weighted by atomic mass is 9.84. The van der Waals surface area contributed by atoms with Gasteiger partial charge in [-0.3, -0.25) is 9.69 Å². The number of nitrogens with one attached hydrogen (secondary N) is 2. The Morgan fingerprint density at radius 2 is 1.90 bits per heavy atom. The van der Waals surface area contributed by atoms with Crippen molar-refractivity contribution in [1.82, 2.24) is 15.5 Å². The number of halogens is 1. The lowest BCUT2D eigenvalue weighted by molar-refractivity contribution is -0.125. The van der Waals surface area contributed by atoms with Crippen molar-refractivity contribution in [2.24, 2.45) is 0 Å². The van der Waals surface area contributed by atoms with Gasteiger partial charge in [-0.2, -0.15) is 0 Å². The number of piperazine rings is 1. The van der Waals surface area contributed by atoms with E-state index in [4.69, 9.17) is 0 Å². The largest absolute Gasteiger partial charge is 0.354 e. The van der Waals surface area contributed by atoms with E-state index in [9.17, 15) is 4.79 Å². The van der Waals surface area contributed by atoms with Crippen LogP contribution in [-0.4, -0.2) is 50.1 Å². The molecule has 1 aliphatic rings. The molecule has 21 heavy (non-hydrogen) atoms. The molecule has 0 saturated carbocycles. The molecule has 0 aliphatic carbocycles. The minimum Gasteiger partial charge on any atom is -0.354 e. The van der Waals surface area contributed by atoms with Gasteiger partial charge < -0.3 is 10.6 Å². The Bertz CT molecular complexity index is 467. The molecule has 116 valence electrons. The minimum atomic E-state index is -0.510. The first-order chi connectivity index (χ1) is 10.00.